The molecule has 7 heteroatoms. The highest BCUT2D eigenvalue weighted by molar-refractivity contribution is 5.85. The number of amides is 1. The second kappa shape index (κ2) is 9.08. The van der Waals surface area contributed by atoms with Crippen molar-refractivity contribution in [3.05, 3.63) is 24.3 Å². The molecule has 1 amide bonds. The van der Waals surface area contributed by atoms with E-state index in [1.54, 1.807) is 17.9 Å². The molecule has 7 nitrogen and oxygen atoms in total. The van der Waals surface area contributed by atoms with Gasteiger partial charge >= 0.3 is 5.97 Å². The highest BCUT2D eigenvalue weighted by Crippen LogP contribution is 2.26. The van der Waals surface area contributed by atoms with Crippen LogP contribution in [0, 0.1) is 0 Å². The third-order valence-corrected chi connectivity index (χ3v) is 5.48. The third-order valence-electron chi connectivity index (χ3n) is 5.48. The smallest absolute Gasteiger partial charge is 0.328 e. The van der Waals surface area contributed by atoms with Crippen LogP contribution in [0.2, 0.25) is 0 Å². The normalized spacial score (nSPS) is 21.1. The number of aromatic hydroxyl groups is 1. The summed E-state index contributed by atoms with van der Waals surface area (Å²) in [5.74, 6) is 0.0614. The second-order valence-electron chi connectivity index (χ2n) is 7.25. The van der Waals surface area contributed by atoms with Crippen molar-refractivity contribution in [2.24, 2.45) is 0 Å². The van der Waals surface area contributed by atoms with Crippen molar-refractivity contribution in [1.82, 2.24) is 4.90 Å². The maximum Gasteiger partial charge on any atom is 0.328 e. The van der Waals surface area contributed by atoms with E-state index in [0.29, 0.717) is 31.9 Å². The molecule has 0 bridgehead atoms. The fraction of sp³-hybridized carbons (Fsp3) is 0.600. The molecule has 1 atom stereocenters. The van der Waals surface area contributed by atoms with Gasteiger partial charge in [0.1, 0.15) is 11.8 Å². The van der Waals surface area contributed by atoms with Crippen LogP contribution < -0.4 is 9.80 Å². The first-order chi connectivity index (χ1) is 13.1. The van der Waals surface area contributed by atoms with Gasteiger partial charge in [-0.05, 0) is 38.3 Å². The van der Waals surface area contributed by atoms with Crippen LogP contribution in [0.1, 0.15) is 26.2 Å². The second-order valence-corrected chi connectivity index (χ2v) is 7.25. The van der Waals surface area contributed by atoms with Gasteiger partial charge in [-0.25, -0.2) is 4.79 Å². The number of rotatable bonds is 5. The Kier molecular flexibility index (Phi) is 6.55. The van der Waals surface area contributed by atoms with Crippen molar-refractivity contribution < 1.29 is 24.3 Å². The lowest BCUT2D eigenvalue weighted by atomic mass is 10.0. The van der Waals surface area contributed by atoms with E-state index in [1.165, 1.54) is 4.90 Å². The van der Waals surface area contributed by atoms with Crippen LogP contribution in [0.5, 0.6) is 5.75 Å². The van der Waals surface area contributed by atoms with E-state index in [0.717, 1.165) is 44.7 Å². The van der Waals surface area contributed by atoms with Gasteiger partial charge in [0.2, 0.25) is 0 Å². The van der Waals surface area contributed by atoms with Gasteiger partial charge in [0, 0.05) is 6.54 Å². The largest absolute Gasteiger partial charge is 0.506 e. The van der Waals surface area contributed by atoms with Crippen molar-refractivity contribution in [2.45, 2.75) is 32.2 Å². The topological polar surface area (TPSA) is 74.5 Å². The first kappa shape index (κ1) is 19.5. The number of nitrogens with one attached hydrogen (secondary N) is 1. The van der Waals surface area contributed by atoms with Crippen LogP contribution >= 0.6 is 0 Å². The maximum atomic E-state index is 12.8. The summed E-state index contributed by atoms with van der Waals surface area (Å²) >= 11 is 0. The average molecular weight is 376 g/mol. The van der Waals surface area contributed by atoms with E-state index in [2.05, 4.69) is 4.90 Å². The molecule has 2 saturated heterocycles. The zero-order valence-electron chi connectivity index (χ0n) is 16.0. The molecule has 0 spiro atoms. The first-order valence-corrected chi connectivity index (χ1v) is 9.92. The third kappa shape index (κ3) is 4.71. The summed E-state index contributed by atoms with van der Waals surface area (Å²) in [6.07, 6.45) is 2.60. The predicted octanol–water partition coefficient (Wildman–Crippen LogP) is 0.0413. The number of ether oxygens (including phenoxy) is 1. The summed E-state index contributed by atoms with van der Waals surface area (Å²) in [4.78, 5) is 30.1. The van der Waals surface area contributed by atoms with E-state index >= 15 is 0 Å². The summed E-state index contributed by atoms with van der Waals surface area (Å²) in [7, 11) is 0. The zero-order chi connectivity index (χ0) is 19.2. The molecule has 2 aliphatic heterocycles. The summed E-state index contributed by atoms with van der Waals surface area (Å²) in [5.41, 5.74) is 0.848. The molecule has 2 heterocycles. The summed E-state index contributed by atoms with van der Waals surface area (Å²) in [6.45, 7) is 6.43. The number of hydrogen-bond donors (Lipinski definition) is 2. The number of phenols is 1. The molecule has 1 aromatic carbocycles. The molecule has 0 aliphatic carbocycles. The van der Waals surface area contributed by atoms with Crippen LogP contribution in [0.3, 0.4) is 0 Å². The van der Waals surface area contributed by atoms with Gasteiger partial charge in [0.05, 0.1) is 38.5 Å². The molecule has 2 aliphatic rings. The molecule has 0 radical (unpaired) electrons. The van der Waals surface area contributed by atoms with Gasteiger partial charge in [0.15, 0.2) is 6.54 Å². The molecule has 3 rings (SSSR count). The quantitative estimate of drug-likeness (QED) is 0.710. The molecule has 2 N–H and O–H groups in total. The Balaban J connectivity index is 1.54. The number of carbonyl (C=O) groups excluding carboxylic acids is 2. The predicted molar refractivity (Wildman–Crippen MR) is 102 cm³/mol. The summed E-state index contributed by atoms with van der Waals surface area (Å²) < 4.78 is 5.16. The minimum Gasteiger partial charge on any atom is -0.506 e. The SMILES string of the molecule is CCOC(=O)[C@H]1CCCCN1C(=O)C[NH+]1CCN(c2ccccc2O)CC1. The summed E-state index contributed by atoms with van der Waals surface area (Å²) in [5, 5.41) is 10.0. The molecule has 148 valence electrons. The van der Waals surface area contributed by atoms with Crippen molar-refractivity contribution in [3.63, 3.8) is 0 Å². The van der Waals surface area contributed by atoms with Crippen LogP contribution in [-0.2, 0) is 14.3 Å². The monoisotopic (exact) mass is 376 g/mol. The Labute approximate surface area is 160 Å². The van der Waals surface area contributed by atoms with Crippen LogP contribution in [-0.4, -0.2) is 73.8 Å². The standard InChI is InChI=1S/C20H29N3O4/c1-2-27-20(26)17-8-5-6-10-23(17)19(25)15-21-11-13-22(14-12-21)16-7-3-4-9-18(16)24/h3-4,7,9,17,24H,2,5-6,8,10-15H2,1H3/p+1/t17-/m1/s1. The molecule has 0 unspecified atom stereocenters. The lowest BCUT2D eigenvalue weighted by Crippen LogP contribution is -3.16. The Bertz CT molecular complexity index is 658. The number of piperidine rings is 1. The van der Waals surface area contributed by atoms with Crippen LogP contribution in [0.25, 0.3) is 0 Å². The van der Waals surface area contributed by atoms with Crippen molar-refractivity contribution >= 4 is 17.6 Å². The molecular weight excluding hydrogens is 346 g/mol. The van der Waals surface area contributed by atoms with Crippen molar-refractivity contribution in [3.8, 4) is 5.75 Å². The Hall–Kier alpha value is -2.28. The highest BCUT2D eigenvalue weighted by atomic mass is 16.5. The van der Waals surface area contributed by atoms with Crippen molar-refractivity contribution in [2.75, 3.05) is 50.8 Å². The van der Waals surface area contributed by atoms with Gasteiger partial charge in [-0.3, -0.25) is 4.79 Å². The number of anilines is 1. The van der Waals surface area contributed by atoms with E-state index in [4.69, 9.17) is 4.74 Å². The van der Waals surface area contributed by atoms with Crippen LogP contribution in [0.4, 0.5) is 5.69 Å². The van der Waals surface area contributed by atoms with Gasteiger partial charge in [0.25, 0.3) is 5.91 Å². The Morgan fingerprint density at radius 2 is 1.93 bits per heavy atom. The van der Waals surface area contributed by atoms with Gasteiger partial charge in [-0.2, -0.15) is 0 Å². The number of esters is 1. The molecule has 0 aromatic heterocycles. The minimum atomic E-state index is -0.423. The number of benzene rings is 1. The molecule has 0 saturated carbocycles. The van der Waals surface area contributed by atoms with E-state index in [9.17, 15) is 14.7 Å². The lowest BCUT2D eigenvalue weighted by Gasteiger charge is -2.37. The van der Waals surface area contributed by atoms with Crippen LogP contribution in [0.15, 0.2) is 24.3 Å². The number of carbonyl (C=O) groups is 2. The first-order valence-electron chi connectivity index (χ1n) is 9.92. The zero-order valence-corrected chi connectivity index (χ0v) is 16.0. The number of nitrogens with zero attached hydrogens (tertiary/aromatic N) is 2. The molecule has 2 fully saturated rings. The maximum absolute atomic E-state index is 12.8. The number of phenolic OH excluding ortho intramolecular Hbond substituents is 1. The number of piperazine rings is 1. The summed E-state index contributed by atoms with van der Waals surface area (Å²) in [6, 6.07) is 6.93. The highest BCUT2D eigenvalue weighted by Gasteiger charge is 2.35. The number of hydrogen-bond acceptors (Lipinski definition) is 5. The Morgan fingerprint density at radius 1 is 1.19 bits per heavy atom. The van der Waals surface area contributed by atoms with Gasteiger partial charge < -0.3 is 24.5 Å². The van der Waals surface area contributed by atoms with E-state index in [-0.39, 0.29) is 11.9 Å². The minimum absolute atomic E-state index is 0.0405. The number of para-hydroxylation sites is 2. The van der Waals surface area contributed by atoms with Gasteiger partial charge in [-0.1, -0.05) is 12.1 Å². The van der Waals surface area contributed by atoms with E-state index in [1.807, 2.05) is 18.2 Å². The molecule has 1 aromatic rings. The molecule has 27 heavy (non-hydrogen) atoms. The number of likely N-dealkylation sites (tertiary alicyclic amines) is 1. The molecular formula is C20H30N3O4+. The fourth-order valence-electron chi connectivity index (χ4n) is 4.00. The average Bonchev–Trinajstić information content (AvgIpc) is 2.69. The Morgan fingerprint density at radius 3 is 2.63 bits per heavy atom. The fourth-order valence-corrected chi connectivity index (χ4v) is 4.00. The number of quaternary nitrogens is 1. The lowest BCUT2D eigenvalue weighted by molar-refractivity contribution is -0.892. The van der Waals surface area contributed by atoms with Crippen molar-refractivity contribution in [1.29, 1.82) is 0 Å². The van der Waals surface area contributed by atoms with Gasteiger partial charge in [-0.15, -0.1) is 0 Å². The van der Waals surface area contributed by atoms with E-state index < -0.39 is 6.04 Å².